The Balaban J connectivity index is 0.00000162. The quantitative estimate of drug-likeness (QED) is 0.793. The number of rotatable bonds is 3. The summed E-state index contributed by atoms with van der Waals surface area (Å²) in [4.78, 5) is 14.3. The Bertz CT molecular complexity index is 263. The van der Waals surface area contributed by atoms with Crippen molar-refractivity contribution < 1.29 is 9.53 Å². The topological polar surface area (TPSA) is 53.6 Å². The highest BCUT2D eigenvalue weighted by atomic mass is 35.5. The van der Waals surface area contributed by atoms with Crippen molar-refractivity contribution in [3.05, 3.63) is 0 Å². The summed E-state index contributed by atoms with van der Waals surface area (Å²) in [5.74, 6) is 0.0649. The molecule has 2 saturated heterocycles. The summed E-state index contributed by atoms with van der Waals surface area (Å²) in [6, 6.07) is 0.323. The molecule has 0 spiro atoms. The number of likely N-dealkylation sites (N-methyl/N-ethyl adjacent to an activating group) is 1. The van der Waals surface area contributed by atoms with Crippen molar-refractivity contribution in [2.24, 2.45) is 0 Å². The molecule has 1 amide bonds. The summed E-state index contributed by atoms with van der Waals surface area (Å²) in [6.07, 6.45) is 1.77. The van der Waals surface area contributed by atoms with Crippen LogP contribution in [-0.4, -0.2) is 62.3 Å². The number of carbonyl (C=O) groups is 1. The third-order valence-electron chi connectivity index (χ3n) is 3.58. The van der Waals surface area contributed by atoms with Gasteiger partial charge in [-0.1, -0.05) is 6.92 Å². The largest absolute Gasteiger partial charge is 0.366 e. The number of hydrogen-bond donors (Lipinski definition) is 2. The van der Waals surface area contributed by atoms with Gasteiger partial charge in [0.2, 0.25) is 0 Å². The van der Waals surface area contributed by atoms with Crippen LogP contribution < -0.4 is 10.6 Å². The van der Waals surface area contributed by atoms with Crippen molar-refractivity contribution >= 4 is 30.7 Å². The minimum Gasteiger partial charge on any atom is -0.366 e. The van der Waals surface area contributed by atoms with Crippen LogP contribution in [0.15, 0.2) is 0 Å². The number of hydrogen-bond acceptors (Lipinski definition) is 4. The van der Waals surface area contributed by atoms with Gasteiger partial charge in [-0.05, 0) is 32.5 Å². The lowest BCUT2D eigenvalue weighted by Gasteiger charge is -2.32. The molecule has 7 heteroatoms. The number of piperidine rings is 1. The molecule has 2 aliphatic rings. The zero-order valence-corrected chi connectivity index (χ0v) is 13.0. The van der Waals surface area contributed by atoms with Crippen LogP contribution in [0.4, 0.5) is 0 Å². The van der Waals surface area contributed by atoms with Crippen LogP contribution in [0.3, 0.4) is 0 Å². The van der Waals surface area contributed by atoms with Gasteiger partial charge in [0.25, 0.3) is 5.91 Å². The number of ether oxygens (including phenoxy) is 1. The first-order valence-electron chi connectivity index (χ1n) is 6.64. The summed E-state index contributed by atoms with van der Waals surface area (Å²) < 4.78 is 5.54. The summed E-state index contributed by atoms with van der Waals surface area (Å²) >= 11 is 0. The second-order valence-electron chi connectivity index (χ2n) is 4.79. The fourth-order valence-corrected chi connectivity index (χ4v) is 2.41. The Labute approximate surface area is 127 Å². The average Bonchev–Trinajstić information content (AvgIpc) is 2.40. The van der Waals surface area contributed by atoms with Gasteiger partial charge in [-0.25, -0.2) is 0 Å². The Morgan fingerprint density at radius 3 is 2.68 bits per heavy atom. The highest BCUT2D eigenvalue weighted by Gasteiger charge is 2.27. The van der Waals surface area contributed by atoms with Crippen molar-refractivity contribution in [1.29, 1.82) is 0 Å². The Morgan fingerprint density at radius 2 is 2.05 bits per heavy atom. The highest BCUT2D eigenvalue weighted by Crippen LogP contribution is 2.07. The standard InChI is InChI=1S/C12H23N3O2.2ClH/c1-2-15-7-8-17-11(9-15)12(16)14-10-3-5-13-6-4-10;;/h10-11,13H,2-9H2,1H3,(H,14,16);2*1H. The van der Waals surface area contributed by atoms with E-state index in [4.69, 9.17) is 4.74 Å². The fourth-order valence-electron chi connectivity index (χ4n) is 2.41. The van der Waals surface area contributed by atoms with E-state index in [1.807, 2.05) is 0 Å². The predicted octanol–water partition coefficient (Wildman–Crippen LogP) is 0.419. The van der Waals surface area contributed by atoms with E-state index in [0.29, 0.717) is 12.6 Å². The third kappa shape index (κ3) is 5.83. The Morgan fingerprint density at radius 1 is 1.37 bits per heavy atom. The Kier molecular flexibility index (Phi) is 9.74. The van der Waals surface area contributed by atoms with Gasteiger partial charge in [0.05, 0.1) is 6.61 Å². The maximum Gasteiger partial charge on any atom is 0.250 e. The van der Waals surface area contributed by atoms with E-state index in [2.05, 4.69) is 22.5 Å². The first kappa shape index (κ1) is 18.9. The molecule has 2 N–H and O–H groups in total. The second kappa shape index (κ2) is 9.77. The predicted molar refractivity (Wildman–Crippen MR) is 80.4 cm³/mol. The molecule has 2 aliphatic heterocycles. The SMILES string of the molecule is CCN1CCOC(C(=O)NC2CCNCC2)C1.Cl.Cl. The van der Waals surface area contributed by atoms with E-state index in [1.54, 1.807) is 0 Å². The van der Waals surface area contributed by atoms with Gasteiger partial charge in [0.1, 0.15) is 6.10 Å². The van der Waals surface area contributed by atoms with E-state index in [0.717, 1.165) is 45.6 Å². The minimum absolute atomic E-state index is 0. The molecule has 0 saturated carbocycles. The number of amides is 1. The van der Waals surface area contributed by atoms with E-state index >= 15 is 0 Å². The lowest BCUT2D eigenvalue weighted by Crippen LogP contribution is -2.53. The molecule has 0 radical (unpaired) electrons. The van der Waals surface area contributed by atoms with Crippen molar-refractivity contribution in [3.8, 4) is 0 Å². The van der Waals surface area contributed by atoms with Crippen molar-refractivity contribution in [1.82, 2.24) is 15.5 Å². The van der Waals surface area contributed by atoms with Crippen LogP contribution in [0.1, 0.15) is 19.8 Å². The summed E-state index contributed by atoms with van der Waals surface area (Å²) in [5.41, 5.74) is 0. The van der Waals surface area contributed by atoms with Gasteiger partial charge in [0.15, 0.2) is 0 Å². The molecule has 1 atom stereocenters. The molecule has 19 heavy (non-hydrogen) atoms. The van der Waals surface area contributed by atoms with Gasteiger partial charge in [-0.3, -0.25) is 9.69 Å². The summed E-state index contributed by atoms with van der Waals surface area (Å²) in [5, 5.41) is 6.40. The van der Waals surface area contributed by atoms with Crippen molar-refractivity contribution in [2.45, 2.75) is 31.9 Å². The van der Waals surface area contributed by atoms with Gasteiger partial charge >= 0.3 is 0 Å². The smallest absolute Gasteiger partial charge is 0.250 e. The summed E-state index contributed by atoms with van der Waals surface area (Å²) in [7, 11) is 0. The zero-order valence-electron chi connectivity index (χ0n) is 11.4. The van der Waals surface area contributed by atoms with Crippen LogP contribution in [0.25, 0.3) is 0 Å². The molecule has 0 aromatic carbocycles. The molecule has 0 bridgehead atoms. The number of morpholine rings is 1. The lowest BCUT2D eigenvalue weighted by atomic mass is 10.1. The third-order valence-corrected chi connectivity index (χ3v) is 3.58. The van der Waals surface area contributed by atoms with Gasteiger partial charge < -0.3 is 15.4 Å². The van der Waals surface area contributed by atoms with Gasteiger partial charge in [-0.2, -0.15) is 0 Å². The van der Waals surface area contributed by atoms with Gasteiger partial charge in [0, 0.05) is 19.1 Å². The van der Waals surface area contributed by atoms with E-state index in [1.165, 1.54) is 0 Å². The monoisotopic (exact) mass is 313 g/mol. The molecule has 114 valence electrons. The van der Waals surface area contributed by atoms with E-state index < -0.39 is 0 Å². The molecule has 5 nitrogen and oxygen atoms in total. The van der Waals surface area contributed by atoms with Gasteiger partial charge in [-0.15, -0.1) is 24.8 Å². The average molecular weight is 314 g/mol. The normalized spacial score (nSPS) is 25.0. The van der Waals surface area contributed by atoms with E-state index in [-0.39, 0.29) is 36.8 Å². The number of nitrogens with one attached hydrogen (secondary N) is 2. The van der Waals surface area contributed by atoms with Crippen LogP contribution in [0, 0.1) is 0 Å². The zero-order chi connectivity index (χ0) is 12.1. The lowest BCUT2D eigenvalue weighted by molar-refractivity contribution is -0.139. The number of carbonyl (C=O) groups excluding carboxylic acids is 1. The maximum absolute atomic E-state index is 12.0. The molecule has 2 rings (SSSR count). The summed E-state index contributed by atoms with van der Waals surface area (Å²) in [6.45, 7) is 7.43. The van der Waals surface area contributed by atoms with Crippen molar-refractivity contribution in [2.75, 3.05) is 39.3 Å². The molecule has 0 aromatic rings. The molecule has 2 heterocycles. The van der Waals surface area contributed by atoms with Crippen molar-refractivity contribution in [3.63, 3.8) is 0 Å². The molecular weight excluding hydrogens is 289 g/mol. The number of nitrogens with zero attached hydrogens (tertiary/aromatic N) is 1. The molecule has 1 unspecified atom stereocenters. The van der Waals surface area contributed by atoms with Crippen LogP contribution in [0.2, 0.25) is 0 Å². The molecule has 2 fully saturated rings. The number of halogens is 2. The minimum atomic E-state index is -0.279. The first-order valence-corrected chi connectivity index (χ1v) is 6.64. The first-order chi connectivity index (χ1) is 8.29. The Hall–Kier alpha value is -0.0700. The van der Waals surface area contributed by atoms with Crippen LogP contribution >= 0.6 is 24.8 Å². The second-order valence-corrected chi connectivity index (χ2v) is 4.79. The van der Waals surface area contributed by atoms with Crippen LogP contribution in [-0.2, 0) is 9.53 Å². The highest BCUT2D eigenvalue weighted by molar-refractivity contribution is 5.85. The molecule has 0 aromatic heterocycles. The van der Waals surface area contributed by atoms with Crippen LogP contribution in [0.5, 0.6) is 0 Å². The maximum atomic E-state index is 12.0. The van der Waals surface area contributed by atoms with E-state index in [9.17, 15) is 4.79 Å². The fraction of sp³-hybridized carbons (Fsp3) is 0.917. The molecule has 0 aliphatic carbocycles. The molecular formula is C12H25Cl2N3O2.